The summed E-state index contributed by atoms with van der Waals surface area (Å²) < 4.78 is 16.0. The van der Waals surface area contributed by atoms with Crippen LogP contribution in [0, 0.1) is 5.82 Å². The van der Waals surface area contributed by atoms with E-state index in [0.29, 0.717) is 12.5 Å². The Balaban J connectivity index is 1.69. The first kappa shape index (κ1) is 21.9. The monoisotopic (exact) mass is 462 g/mol. The minimum absolute atomic E-state index is 0.146. The third-order valence-corrected chi connectivity index (χ3v) is 6.65. The highest BCUT2D eigenvalue weighted by Crippen LogP contribution is 2.36. The highest BCUT2D eigenvalue weighted by Gasteiger charge is 2.22. The molecule has 0 bridgehead atoms. The molecule has 1 aliphatic rings. The molecule has 5 rings (SSSR count). The maximum atomic E-state index is 13.8. The number of benzene rings is 3. The lowest BCUT2D eigenvalue weighted by atomic mass is 9.92. The molecule has 2 heterocycles. The van der Waals surface area contributed by atoms with Crippen molar-refractivity contribution in [1.82, 2.24) is 14.9 Å². The molecule has 170 valence electrons. The quantitative estimate of drug-likeness (QED) is 0.390. The van der Waals surface area contributed by atoms with Gasteiger partial charge in [0.1, 0.15) is 5.82 Å². The van der Waals surface area contributed by atoms with Gasteiger partial charge < -0.3 is 14.8 Å². The van der Waals surface area contributed by atoms with E-state index in [1.54, 1.807) is 12.1 Å². The maximum Gasteiger partial charge on any atom is 0.206 e. The lowest BCUT2D eigenvalue weighted by Gasteiger charge is -2.29. The number of hydrogen-bond donors (Lipinski definition) is 1. The van der Waals surface area contributed by atoms with Crippen molar-refractivity contribution in [1.29, 1.82) is 0 Å². The largest absolute Gasteiger partial charge is 0.340 e. The fourth-order valence-corrected chi connectivity index (χ4v) is 4.88. The van der Waals surface area contributed by atoms with Crippen LogP contribution >= 0.6 is 11.6 Å². The van der Waals surface area contributed by atoms with Crippen LogP contribution in [0.25, 0.3) is 22.2 Å². The predicted octanol–water partition coefficient (Wildman–Crippen LogP) is 6.08. The van der Waals surface area contributed by atoms with Crippen molar-refractivity contribution >= 4 is 28.6 Å². The summed E-state index contributed by atoms with van der Waals surface area (Å²) in [6.45, 7) is 8.66. The van der Waals surface area contributed by atoms with E-state index < -0.39 is 5.82 Å². The molecule has 1 N–H and O–H groups in total. The van der Waals surface area contributed by atoms with Crippen molar-refractivity contribution in [3.63, 3.8) is 0 Å². The maximum absolute atomic E-state index is 13.8. The Labute approximate surface area is 199 Å². The number of rotatable bonds is 5. The molecule has 33 heavy (non-hydrogen) atoms. The van der Waals surface area contributed by atoms with Crippen LogP contribution < -0.4 is 10.2 Å². The van der Waals surface area contributed by atoms with Gasteiger partial charge in [0.15, 0.2) is 0 Å². The van der Waals surface area contributed by atoms with Crippen molar-refractivity contribution < 1.29 is 4.39 Å². The summed E-state index contributed by atoms with van der Waals surface area (Å²) >= 11 is 6.09. The van der Waals surface area contributed by atoms with Crippen LogP contribution in [0.15, 0.2) is 60.7 Å². The molecule has 0 amide bonds. The molecule has 3 aromatic carbocycles. The number of hydrogen-bond acceptors (Lipinski definition) is 3. The van der Waals surface area contributed by atoms with Gasteiger partial charge in [-0.15, -0.1) is 0 Å². The first-order valence-electron chi connectivity index (χ1n) is 11.5. The van der Waals surface area contributed by atoms with Crippen LogP contribution in [0.1, 0.15) is 30.9 Å². The lowest BCUT2D eigenvalue weighted by molar-refractivity contribution is 0.571. The second-order valence-electron chi connectivity index (χ2n) is 8.90. The number of halogens is 2. The van der Waals surface area contributed by atoms with E-state index in [1.807, 2.05) is 0 Å². The zero-order valence-electron chi connectivity index (χ0n) is 19.0. The molecule has 1 fully saturated rings. The Hall–Kier alpha value is -2.89. The molecular formula is C27H28ClFN4. The SMILES string of the molecule is CC(C)c1ccccc1-c1cccc2c1nc(N1CCNCC1)n2Cc1ccc(F)c(Cl)c1. The molecule has 1 aliphatic heterocycles. The van der Waals surface area contributed by atoms with Gasteiger partial charge in [-0.05, 0) is 40.8 Å². The van der Waals surface area contributed by atoms with Crippen molar-refractivity contribution in [2.45, 2.75) is 26.3 Å². The standard InChI is InChI=1S/C27H28ClFN4/c1-18(2)20-6-3-4-7-21(20)22-8-5-9-25-26(22)31-27(32-14-12-30-13-15-32)33(25)17-19-10-11-24(29)23(28)16-19/h3-11,16,18,30H,12-15,17H2,1-2H3. The normalized spacial score (nSPS) is 14.4. The minimum Gasteiger partial charge on any atom is -0.340 e. The van der Waals surface area contributed by atoms with Crippen LogP contribution in [0.2, 0.25) is 5.02 Å². The molecule has 0 aliphatic carbocycles. The summed E-state index contributed by atoms with van der Waals surface area (Å²) in [6.07, 6.45) is 0. The summed E-state index contributed by atoms with van der Waals surface area (Å²) in [5.74, 6) is 0.958. The van der Waals surface area contributed by atoms with E-state index in [-0.39, 0.29) is 5.02 Å². The molecule has 0 saturated carbocycles. The zero-order chi connectivity index (χ0) is 22.9. The number of anilines is 1. The van der Waals surface area contributed by atoms with Crippen LogP contribution in [0.3, 0.4) is 0 Å². The Morgan fingerprint density at radius 3 is 2.52 bits per heavy atom. The van der Waals surface area contributed by atoms with E-state index >= 15 is 0 Å². The minimum atomic E-state index is -0.397. The van der Waals surface area contributed by atoms with Crippen LogP contribution in [-0.4, -0.2) is 35.7 Å². The summed E-state index contributed by atoms with van der Waals surface area (Å²) in [5, 5.41) is 3.57. The molecule has 0 atom stereocenters. The van der Waals surface area contributed by atoms with Crippen LogP contribution in [0.4, 0.5) is 10.3 Å². The number of piperazine rings is 1. The lowest BCUT2D eigenvalue weighted by Crippen LogP contribution is -2.44. The van der Waals surface area contributed by atoms with Gasteiger partial charge in [-0.3, -0.25) is 0 Å². The average molecular weight is 463 g/mol. The van der Waals surface area contributed by atoms with Gasteiger partial charge in [-0.2, -0.15) is 0 Å². The molecule has 1 aromatic heterocycles. The van der Waals surface area contributed by atoms with E-state index in [2.05, 4.69) is 71.1 Å². The highest BCUT2D eigenvalue weighted by atomic mass is 35.5. The molecule has 0 spiro atoms. The zero-order valence-corrected chi connectivity index (χ0v) is 19.7. The van der Waals surface area contributed by atoms with Crippen molar-refractivity contribution in [3.8, 4) is 11.1 Å². The highest BCUT2D eigenvalue weighted by molar-refractivity contribution is 6.30. The van der Waals surface area contributed by atoms with Crippen LogP contribution in [-0.2, 0) is 6.54 Å². The van der Waals surface area contributed by atoms with Gasteiger partial charge >= 0.3 is 0 Å². The van der Waals surface area contributed by atoms with Crippen molar-refractivity contribution in [2.75, 3.05) is 31.1 Å². The van der Waals surface area contributed by atoms with E-state index in [9.17, 15) is 4.39 Å². The van der Waals surface area contributed by atoms with E-state index in [0.717, 1.165) is 54.3 Å². The van der Waals surface area contributed by atoms with Gasteiger partial charge in [0, 0.05) is 31.7 Å². The average Bonchev–Trinajstić information content (AvgIpc) is 3.20. The van der Waals surface area contributed by atoms with E-state index in [4.69, 9.17) is 16.6 Å². The van der Waals surface area contributed by atoms with Crippen LogP contribution in [0.5, 0.6) is 0 Å². The number of fused-ring (bicyclic) bond motifs is 1. The fraction of sp³-hybridized carbons (Fsp3) is 0.296. The Bertz CT molecular complexity index is 1290. The number of nitrogens with zero attached hydrogens (tertiary/aromatic N) is 3. The number of para-hydroxylation sites is 1. The fourth-order valence-electron chi connectivity index (χ4n) is 4.68. The summed E-state index contributed by atoms with van der Waals surface area (Å²) in [6, 6.07) is 19.9. The molecule has 0 radical (unpaired) electrons. The smallest absolute Gasteiger partial charge is 0.206 e. The van der Waals surface area contributed by atoms with Gasteiger partial charge in [-0.25, -0.2) is 9.37 Å². The second-order valence-corrected chi connectivity index (χ2v) is 9.31. The molecular weight excluding hydrogens is 435 g/mol. The molecule has 1 saturated heterocycles. The Morgan fingerprint density at radius 1 is 1.00 bits per heavy atom. The predicted molar refractivity (Wildman–Crippen MR) is 135 cm³/mol. The molecule has 4 aromatic rings. The van der Waals surface area contributed by atoms with Gasteiger partial charge in [0.2, 0.25) is 5.95 Å². The summed E-state index contributed by atoms with van der Waals surface area (Å²) in [5.41, 5.74) is 6.69. The second kappa shape index (κ2) is 9.16. The van der Waals surface area contributed by atoms with Crippen molar-refractivity contribution in [3.05, 3.63) is 82.6 Å². The Kier molecular flexibility index (Phi) is 6.09. The molecule has 0 unspecified atom stereocenters. The molecule has 4 nitrogen and oxygen atoms in total. The molecule has 6 heteroatoms. The number of imidazole rings is 1. The topological polar surface area (TPSA) is 33.1 Å². The third kappa shape index (κ3) is 4.23. The number of nitrogens with one attached hydrogen (secondary N) is 1. The first-order valence-corrected chi connectivity index (χ1v) is 11.9. The van der Waals surface area contributed by atoms with Gasteiger partial charge in [-0.1, -0.05) is 67.9 Å². The summed E-state index contributed by atoms with van der Waals surface area (Å²) in [4.78, 5) is 7.54. The van der Waals surface area contributed by atoms with Gasteiger partial charge in [0.05, 0.1) is 22.6 Å². The summed E-state index contributed by atoms with van der Waals surface area (Å²) in [7, 11) is 0. The van der Waals surface area contributed by atoms with Gasteiger partial charge in [0.25, 0.3) is 0 Å². The third-order valence-electron chi connectivity index (χ3n) is 6.36. The Morgan fingerprint density at radius 2 is 1.76 bits per heavy atom. The first-order chi connectivity index (χ1) is 16.0. The van der Waals surface area contributed by atoms with E-state index in [1.165, 1.54) is 17.2 Å². The van der Waals surface area contributed by atoms with Crippen molar-refractivity contribution in [2.24, 2.45) is 0 Å². The number of aromatic nitrogens is 2.